The van der Waals surface area contributed by atoms with Crippen LogP contribution in [0.4, 0.5) is 11.8 Å². The predicted molar refractivity (Wildman–Crippen MR) is 138 cm³/mol. The summed E-state index contributed by atoms with van der Waals surface area (Å²) in [7, 11) is 3.03. The zero-order valence-electron chi connectivity index (χ0n) is 21.0. The minimum absolute atomic E-state index is 0.250. The third-order valence-corrected chi connectivity index (χ3v) is 6.31. The maximum atomic E-state index is 13.3. The van der Waals surface area contributed by atoms with Crippen molar-refractivity contribution in [2.45, 2.75) is 18.7 Å². The van der Waals surface area contributed by atoms with Gasteiger partial charge in [0.15, 0.2) is 29.6 Å². The van der Waals surface area contributed by atoms with Gasteiger partial charge >= 0.3 is 0 Å². The summed E-state index contributed by atoms with van der Waals surface area (Å²) in [4.78, 5) is 36.3. The van der Waals surface area contributed by atoms with Gasteiger partial charge in [0.2, 0.25) is 5.95 Å². The van der Waals surface area contributed by atoms with Crippen molar-refractivity contribution in [1.29, 1.82) is 0 Å². The van der Waals surface area contributed by atoms with Crippen LogP contribution in [-0.2, 0) is 11.3 Å². The summed E-state index contributed by atoms with van der Waals surface area (Å²) in [5, 5.41) is 5.88. The first-order valence-corrected chi connectivity index (χ1v) is 12.0. The van der Waals surface area contributed by atoms with Crippen molar-refractivity contribution < 1.29 is 28.5 Å². The van der Waals surface area contributed by atoms with Crippen LogP contribution < -0.4 is 40.2 Å². The highest BCUT2D eigenvalue weighted by atomic mass is 16.5. The second kappa shape index (κ2) is 10.7. The summed E-state index contributed by atoms with van der Waals surface area (Å²) >= 11 is 0. The molecule has 4 heterocycles. The highest BCUT2D eigenvalue weighted by Crippen LogP contribution is 2.32. The molecule has 12 nitrogen and oxygen atoms in total. The molecule has 3 aliphatic heterocycles. The number of nitrogens with two attached hydrogens (primary N) is 1. The van der Waals surface area contributed by atoms with Gasteiger partial charge in [0, 0.05) is 24.8 Å². The molecule has 0 unspecified atom stereocenters. The van der Waals surface area contributed by atoms with E-state index in [9.17, 15) is 9.59 Å². The molecule has 1 saturated heterocycles. The highest BCUT2D eigenvalue weighted by molar-refractivity contribution is 5.95. The summed E-state index contributed by atoms with van der Waals surface area (Å²) in [5.41, 5.74) is 7.03. The minimum Gasteiger partial charge on any atom is -0.493 e. The zero-order chi connectivity index (χ0) is 26.6. The topological polar surface area (TPSA) is 150 Å². The van der Waals surface area contributed by atoms with Crippen molar-refractivity contribution in [2.24, 2.45) is 0 Å². The number of aromatic nitrogens is 2. The Morgan fingerprint density at radius 2 is 1.87 bits per heavy atom. The monoisotopic (exact) mass is 520 g/mol. The third-order valence-electron chi connectivity index (χ3n) is 6.31. The number of rotatable bonds is 3. The van der Waals surface area contributed by atoms with E-state index in [1.807, 2.05) is 11.0 Å². The number of hydrogen-bond donors (Lipinski definition) is 3. The van der Waals surface area contributed by atoms with Gasteiger partial charge in [-0.15, -0.1) is 0 Å². The number of carbonyl (C=O) groups is 2. The van der Waals surface area contributed by atoms with Crippen molar-refractivity contribution in [1.82, 2.24) is 20.6 Å². The SMILES string of the molecule is COc1ccc2cc1OCC(=O)NCc1ccc(c(OC)c1)O[C@H]1CN(c3nccc(N)n3)C[C@@H]1NC2=O. The fraction of sp³-hybridized carbons (Fsp3) is 0.308. The molecule has 38 heavy (non-hydrogen) atoms. The van der Waals surface area contributed by atoms with Crippen LogP contribution in [0, 0.1) is 0 Å². The highest BCUT2D eigenvalue weighted by Gasteiger charge is 2.37. The molecule has 1 aromatic heterocycles. The van der Waals surface area contributed by atoms with E-state index in [4.69, 9.17) is 24.7 Å². The first-order valence-electron chi connectivity index (χ1n) is 12.0. The fourth-order valence-corrected chi connectivity index (χ4v) is 4.37. The lowest BCUT2D eigenvalue weighted by molar-refractivity contribution is -0.123. The van der Waals surface area contributed by atoms with E-state index in [-0.39, 0.29) is 30.7 Å². The lowest BCUT2D eigenvalue weighted by atomic mass is 10.1. The van der Waals surface area contributed by atoms with Gasteiger partial charge in [-0.1, -0.05) is 6.07 Å². The van der Waals surface area contributed by atoms with Crippen molar-refractivity contribution in [3.05, 3.63) is 59.8 Å². The van der Waals surface area contributed by atoms with Crippen LogP contribution in [0.1, 0.15) is 15.9 Å². The number of hydrogen-bond acceptors (Lipinski definition) is 10. The summed E-state index contributed by atoms with van der Waals surface area (Å²) in [5.74, 6) is 1.79. The Morgan fingerprint density at radius 1 is 1.03 bits per heavy atom. The fourth-order valence-electron chi connectivity index (χ4n) is 4.37. The predicted octanol–water partition coefficient (Wildman–Crippen LogP) is 1.15. The summed E-state index contributed by atoms with van der Waals surface area (Å²) in [6.45, 7) is 0.798. The second-order valence-corrected chi connectivity index (χ2v) is 8.84. The van der Waals surface area contributed by atoms with Gasteiger partial charge in [-0.2, -0.15) is 4.98 Å². The van der Waals surface area contributed by atoms with Crippen LogP contribution in [0.2, 0.25) is 0 Å². The quantitative estimate of drug-likeness (QED) is 0.459. The van der Waals surface area contributed by atoms with E-state index in [0.29, 0.717) is 47.7 Å². The zero-order valence-corrected chi connectivity index (χ0v) is 21.0. The number of anilines is 2. The molecule has 0 radical (unpaired) electrons. The van der Waals surface area contributed by atoms with Crippen molar-refractivity contribution in [2.75, 3.05) is 44.5 Å². The largest absolute Gasteiger partial charge is 0.493 e. The van der Waals surface area contributed by atoms with Crippen molar-refractivity contribution >= 4 is 23.6 Å². The van der Waals surface area contributed by atoms with E-state index in [1.54, 1.807) is 49.7 Å². The molecule has 12 heteroatoms. The molecule has 198 valence electrons. The van der Waals surface area contributed by atoms with E-state index >= 15 is 0 Å². The Kier molecular flexibility index (Phi) is 7.03. The first kappa shape index (κ1) is 24.9. The second-order valence-electron chi connectivity index (χ2n) is 8.84. The van der Waals surface area contributed by atoms with Gasteiger partial charge < -0.3 is 40.2 Å². The van der Waals surface area contributed by atoms with Gasteiger partial charge in [-0.25, -0.2) is 4.98 Å². The first-order chi connectivity index (χ1) is 18.4. The molecule has 2 atom stereocenters. The average Bonchev–Trinajstić information content (AvgIpc) is 3.32. The number of fused-ring (bicyclic) bond motifs is 7. The molecule has 3 aromatic rings. The summed E-state index contributed by atoms with van der Waals surface area (Å²) in [6, 6.07) is 11.4. The Hall–Kier alpha value is -4.74. The number of benzene rings is 2. The Morgan fingerprint density at radius 3 is 2.66 bits per heavy atom. The van der Waals surface area contributed by atoms with Crippen LogP contribution in [-0.4, -0.2) is 67.8 Å². The number of ether oxygens (including phenoxy) is 4. The van der Waals surface area contributed by atoms with Crippen LogP contribution in [0.5, 0.6) is 23.0 Å². The smallest absolute Gasteiger partial charge is 0.258 e. The number of nitrogens with zero attached hydrogens (tertiary/aromatic N) is 3. The standard InChI is InChI=1S/C26H28N6O6/c1-35-18-6-4-16-10-21(18)37-14-24(33)29-11-15-3-5-19(20(9-15)36-2)38-22-13-32(12-17(22)30-25(16)34)26-28-8-7-23(27)31-26/h3-10,17,22H,11-14H2,1-2H3,(H,29,33)(H,30,34)(H2,27,28,31)/t17-,22-/m0/s1. The molecular weight excluding hydrogens is 492 g/mol. The van der Waals surface area contributed by atoms with Gasteiger partial charge in [-0.3, -0.25) is 9.59 Å². The Bertz CT molecular complexity index is 1350. The average molecular weight is 521 g/mol. The van der Waals surface area contributed by atoms with Gasteiger partial charge in [-0.05, 0) is 42.0 Å². The number of carbonyl (C=O) groups excluding carboxylic acids is 2. The van der Waals surface area contributed by atoms with Crippen LogP contribution in [0.15, 0.2) is 48.7 Å². The van der Waals surface area contributed by atoms with Crippen molar-refractivity contribution in [3.63, 3.8) is 0 Å². The van der Waals surface area contributed by atoms with Gasteiger partial charge in [0.05, 0.1) is 26.8 Å². The van der Waals surface area contributed by atoms with Crippen LogP contribution >= 0.6 is 0 Å². The van der Waals surface area contributed by atoms with E-state index in [2.05, 4.69) is 20.6 Å². The maximum Gasteiger partial charge on any atom is 0.258 e. The Balaban J connectivity index is 1.50. The van der Waals surface area contributed by atoms with E-state index < -0.39 is 12.1 Å². The minimum atomic E-state index is -0.465. The molecule has 6 rings (SSSR count). The lowest BCUT2D eigenvalue weighted by Crippen LogP contribution is -2.45. The van der Waals surface area contributed by atoms with E-state index in [0.717, 1.165) is 5.56 Å². The van der Waals surface area contributed by atoms with Crippen LogP contribution in [0.3, 0.4) is 0 Å². The van der Waals surface area contributed by atoms with Crippen molar-refractivity contribution in [3.8, 4) is 23.0 Å². The number of nitrogens with one attached hydrogen (secondary N) is 2. The van der Waals surface area contributed by atoms with Gasteiger partial charge in [0.25, 0.3) is 11.8 Å². The third kappa shape index (κ3) is 5.33. The number of nitrogen functional groups attached to an aromatic ring is 1. The molecule has 4 N–H and O–H groups in total. The number of amides is 2. The summed E-state index contributed by atoms with van der Waals surface area (Å²) < 4.78 is 23.0. The Labute approximate surface area is 219 Å². The maximum absolute atomic E-state index is 13.3. The number of methoxy groups -OCH3 is 2. The molecule has 0 saturated carbocycles. The molecule has 4 bridgehead atoms. The van der Waals surface area contributed by atoms with Gasteiger partial charge in [0.1, 0.15) is 11.9 Å². The molecule has 3 aliphatic rings. The molecule has 0 spiro atoms. The normalized spacial score (nSPS) is 19.4. The molecule has 1 fully saturated rings. The summed E-state index contributed by atoms with van der Waals surface area (Å²) in [6.07, 6.45) is 1.12. The molecule has 0 aliphatic carbocycles. The van der Waals surface area contributed by atoms with Crippen LogP contribution in [0.25, 0.3) is 0 Å². The molecular formula is C26H28N6O6. The molecule has 2 amide bonds. The van der Waals surface area contributed by atoms with E-state index in [1.165, 1.54) is 7.11 Å². The molecule has 2 aromatic carbocycles. The lowest BCUT2D eigenvalue weighted by Gasteiger charge is -2.22.